The maximum Gasteiger partial charge on any atom is 0.225 e. The Morgan fingerprint density at radius 2 is 2.33 bits per heavy atom. The molecule has 0 aliphatic heterocycles. The molecule has 5 heteroatoms. The van der Waals surface area contributed by atoms with Gasteiger partial charge in [0.1, 0.15) is 0 Å². The molecule has 0 bridgehead atoms. The molecule has 0 unspecified atom stereocenters. The highest BCUT2D eigenvalue weighted by molar-refractivity contribution is 9.09. The Kier molecular flexibility index (Phi) is 4.49. The quantitative estimate of drug-likeness (QED) is 0.868. The minimum absolute atomic E-state index is 0.0125. The molecule has 1 heterocycles. The predicted molar refractivity (Wildman–Crippen MR) is 79.3 cm³/mol. The Hall–Kier alpha value is -1.20. The molecule has 0 aliphatic rings. The summed E-state index contributed by atoms with van der Waals surface area (Å²) in [4.78, 5) is 15.9. The van der Waals surface area contributed by atoms with E-state index in [1.807, 2.05) is 36.6 Å². The summed E-state index contributed by atoms with van der Waals surface area (Å²) < 4.78 is 0. The van der Waals surface area contributed by atoms with Crippen LogP contribution in [0.4, 0.5) is 5.69 Å². The van der Waals surface area contributed by atoms with Crippen LogP contribution in [0, 0.1) is 6.92 Å². The summed E-state index contributed by atoms with van der Waals surface area (Å²) in [5, 5.41) is 6.60. The van der Waals surface area contributed by atoms with Gasteiger partial charge >= 0.3 is 0 Å². The first-order valence-electron chi connectivity index (χ1n) is 5.57. The van der Waals surface area contributed by atoms with E-state index >= 15 is 0 Å². The number of benzene rings is 1. The molecule has 0 fully saturated rings. The molecule has 1 amide bonds. The van der Waals surface area contributed by atoms with Gasteiger partial charge in [-0.1, -0.05) is 28.1 Å². The first-order chi connectivity index (χ1) is 8.69. The lowest BCUT2D eigenvalue weighted by molar-refractivity contribution is -0.115. The molecule has 1 N–H and O–H groups in total. The molecule has 2 rings (SSSR count). The van der Waals surface area contributed by atoms with Gasteiger partial charge in [-0.15, -0.1) is 11.3 Å². The smallest absolute Gasteiger partial charge is 0.225 e. The van der Waals surface area contributed by atoms with Crippen LogP contribution >= 0.6 is 27.3 Å². The number of hydrogen-bond donors (Lipinski definition) is 1. The number of halogens is 1. The van der Waals surface area contributed by atoms with Gasteiger partial charge in [-0.05, 0) is 19.1 Å². The van der Waals surface area contributed by atoms with E-state index in [1.54, 1.807) is 11.3 Å². The largest absolute Gasteiger partial charge is 0.326 e. The average molecular weight is 325 g/mol. The summed E-state index contributed by atoms with van der Waals surface area (Å²) in [7, 11) is 0. The van der Waals surface area contributed by atoms with Gasteiger partial charge in [0.2, 0.25) is 5.91 Å². The van der Waals surface area contributed by atoms with Crippen molar-refractivity contribution in [3.63, 3.8) is 0 Å². The SMILES string of the molecule is Cc1nc(-c2cccc(NC(=O)CCBr)c2)cs1. The van der Waals surface area contributed by atoms with Crippen LogP contribution in [-0.2, 0) is 4.79 Å². The Morgan fingerprint density at radius 3 is 3.00 bits per heavy atom. The van der Waals surface area contributed by atoms with Gasteiger partial charge in [0, 0.05) is 28.4 Å². The maximum absolute atomic E-state index is 11.5. The van der Waals surface area contributed by atoms with Crippen molar-refractivity contribution in [1.29, 1.82) is 0 Å². The number of alkyl halides is 1. The van der Waals surface area contributed by atoms with Crippen molar-refractivity contribution in [1.82, 2.24) is 4.98 Å². The monoisotopic (exact) mass is 324 g/mol. The summed E-state index contributed by atoms with van der Waals surface area (Å²) in [6.45, 7) is 1.98. The fourth-order valence-electron chi connectivity index (χ4n) is 1.56. The van der Waals surface area contributed by atoms with Crippen LogP contribution in [0.15, 0.2) is 29.6 Å². The van der Waals surface area contributed by atoms with E-state index in [-0.39, 0.29) is 5.91 Å². The summed E-state index contributed by atoms with van der Waals surface area (Å²) >= 11 is 4.87. The average Bonchev–Trinajstić information content (AvgIpc) is 2.76. The number of thiazole rings is 1. The van der Waals surface area contributed by atoms with Gasteiger partial charge in [0.05, 0.1) is 10.7 Å². The molecule has 18 heavy (non-hydrogen) atoms. The molecule has 2 aromatic rings. The summed E-state index contributed by atoms with van der Waals surface area (Å²) in [5.41, 5.74) is 2.79. The lowest BCUT2D eigenvalue weighted by Gasteiger charge is -2.05. The lowest BCUT2D eigenvalue weighted by atomic mass is 10.1. The number of hydrogen-bond acceptors (Lipinski definition) is 3. The summed E-state index contributed by atoms with van der Waals surface area (Å²) in [5.74, 6) is 0.0125. The lowest BCUT2D eigenvalue weighted by Crippen LogP contribution is -2.11. The van der Waals surface area contributed by atoms with E-state index in [2.05, 4.69) is 26.2 Å². The van der Waals surface area contributed by atoms with Crippen molar-refractivity contribution in [2.45, 2.75) is 13.3 Å². The molecule has 1 aromatic carbocycles. The highest BCUT2D eigenvalue weighted by Gasteiger charge is 2.05. The second kappa shape index (κ2) is 6.11. The first-order valence-corrected chi connectivity index (χ1v) is 7.57. The first kappa shape index (κ1) is 13.2. The third-order valence-corrected chi connectivity index (χ3v) is 3.55. The third-order valence-electron chi connectivity index (χ3n) is 2.38. The van der Waals surface area contributed by atoms with Crippen LogP contribution in [0.2, 0.25) is 0 Å². The van der Waals surface area contributed by atoms with Crippen molar-refractivity contribution < 1.29 is 4.79 Å². The van der Waals surface area contributed by atoms with E-state index in [0.29, 0.717) is 11.8 Å². The van der Waals surface area contributed by atoms with Crippen LogP contribution in [0.25, 0.3) is 11.3 Å². The molecule has 3 nitrogen and oxygen atoms in total. The number of aryl methyl sites for hydroxylation is 1. The zero-order valence-corrected chi connectivity index (χ0v) is 12.3. The molecule has 0 saturated heterocycles. The molecule has 0 saturated carbocycles. The number of nitrogens with one attached hydrogen (secondary N) is 1. The van der Waals surface area contributed by atoms with E-state index in [4.69, 9.17) is 0 Å². The number of nitrogens with zero attached hydrogens (tertiary/aromatic N) is 1. The van der Waals surface area contributed by atoms with Gasteiger partial charge in [-0.3, -0.25) is 4.79 Å². The molecule has 0 radical (unpaired) electrons. The Bertz CT molecular complexity index is 553. The maximum atomic E-state index is 11.5. The molecular weight excluding hydrogens is 312 g/mol. The normalized spacial score (nSPS) is 10.3. The Balaban J connectivity index is 2.17. The van der Waals surface area contributed by atoms with Crippen LogP contribution in [0.1, 0.15) is 11.4 Å². The molecule has 0 spiro atoms. The minimum Gasteiger partial charge on any atom is -0.326 e. The Labute approximate surface area is 118 Å². The zero-order chi connectivity index (χ0) is 13.0. The van der Waals surface area contributed by atoms with Crippen molar-refractivity contribution in [2.24, 2.45) is 0 Å². The van der Waals surface area contributed by atoms with Crippen molar-refractivity contribution in [2.75, 3.05) is 10.6 Å². The number of carbonyl (C=O) groups is 1. The van der Waals surface area contributed by atoms with Gasteiger partial charge in [0.25, 0.3) is 0 Å². The van der Waals surface area contributed by atoms with Crippen LogP contribution < -0.4 is 5.32 Å². The zero-order valence-electron chi connectivity index (χ0n) is 9.94. The van der Waals surface area contributed by atoms with Gasteiger partial charge in [-0.25, -0.2) is 4.98 Å². The second-order valence-electron chi connectivity index (χ2n) is 3.82. The fraction of sp³-hybridized carbons (Fsp3) is 0.231. The standard InChI is InChI=1S/C13H13BrN2OS/c1-9-15-12(8-18-9)10-3-2-4-11(7-10)16-13(17)5-6-14/h2-4,7-8H,5-6H2,1H3,(H,16,17). The fourth-order valence-corrected chi connectivity index (χ4v) is 2.54. The van der Waals surface area contributed by atoms with Crippen molar-refractivity contribution in [3.05, 3.63) is 34.7 Å². The van der Waals surface area contributed by atoms with Crippen LogP contribution in [-0.4, -0.2) is 16.2 Å². The minimum atomic E-state index is 0.0125. The molecular formula is C13H13BrN2OS. The molecule has 0 aliphatic carbocycles. The number of aromatic nitrogens is 1. The summed E-state index contributed by atoms with van der Waals surface area (Å²) in [6.07, 6.45) is 0.472. The van der Waals surface area contributed by atoms with E-state index in [0.717, 1.165) is 22.0 Å². The Morgan fingerprint density at radius 1 is 1.50 bits per heavy atom. The topological polar surface area (TPSA) is 42.0 Å². The van der Waals surface area contributed by atoms with Crippen molar-refractivity contribution in [3.8, 4) is 11.3 Å². The van der Waals surface area contributed by atoms with Gasteiger partial charge < -0.3 is 5.32 Å². The second-order valence-corrected chi connectivity index (χ2v) is 5.67. The number of anilines is 1. The highest BCUT2D eigenvalue weighted by Crippen LogP contribution is 2.24. The number of amides is 1. The highest BCUT2D eigenvalue weighted by atomic mass is 79.9. The van der Waals surface area contributed by atoms with Gasteiger partial charge in [-0.2, -0.15) is 0 Å². The molecule has 1 aromatic heterocycles. The van der Waals surface area contributed by atoms with E-state index < -0.39 is 0 Å². The van der Waals surface area contributed by atoms with Crippen LogP contribution in [0.3, 0.4) is 0 Å². The number of rotatable bonds is 4. The number of carbonyl (C=O) groups excluding carboxylic acids is 1. The molecule has 94 valence electrons. The summed E-state index contributed by atoms with van der Waals surface area (Å²) in [6, 6.07) is 7.75. The third kappa shape index (κ3) is 3.40. The van der Waals surface area contributed by atoms with Gasteiger partial charge in [0.15, 0.2) is 0 Å². The predicted octanol–water partition coefficient (Wildman–Crippen LogP) is 3.84. The van der Waals surface area contributed by atoms with E-state index in [1.165, 1.54) is 0 Å². The van der Waals surface area contributed by atoms with Crippen molar-refractivity contribution >= 4 is 38.9 Å². The molecule has 0 atom stereocenters. The van der Waals surface area contributed by atoms with E-state index in [9.17, 15) is 4.79 Å². The van der Waals surface area contributed by atoms with Crippen LogP contribution in [0.5, 0.6) is 0 Å².